The van der Waals surface area contributed by atoms with Crippen molar-refractivity contribution in [3.05, 3.63) is 47.7 Å². The lowest BCUT2D eigenvalue weighted by atomic mass is 10.1. The van der Waals surface area contributed by atoms with Crippen molar-refractivity contribution in [1.29, 1.82) is 0 Å². The summed E-state index contributed by atoms with van der Waals surface area (Å²) in [7, 11) is 3.29. The minimum absolute atomic E-state index is 0.0201. The van der Waals surface area contributed by atoms with Crippen LogP contribution in [0.4, 0.5) is 0 Å². The van der Waals surface area contributed by atoms with E-state index in [1.165, 1.54) is 19.4 Å². The van der Waals surface area contributed by atoms with Gasteiger partial charge in [-0.05, 0) is 25.0 Å². The predicted octanol–water partition coefficient (Wildman–Crippen LogP) is 3.16. The van der Waals surface area contributed by atoms with Crippen molar-refractivity contribution in [2.24, 2.45) is 7.05 Å². The second-order valence-corrected chi connectivity index (χ2v) is 6.10. The number of nitrogens with zero attached hydrogens (tertiary/aromatic N) is 2. The molecule has 0 radical (unpaired) electrons. The van der Waals surface area contributed by atoms with Crippen LogP contribution in [0.3, 0.4) is 0 Å². The lowest BCUT2D eigenvalue weighted by Crippen LogP contribution is -2.35. The molecule has 1 aliphatic heterocycles. The summed E-state index contributed by atoms with van der Waals surface area (Å²) in [5.74, 6) is -0.512. The number of furan rings is 1. The van der Waals surface area contributed by atoms with Crippen LogP contribution in [0.2, 0.25) is 0 Å². The highest BCUT2D eigenvalue weighted by atomic mass is 16.5. The molecule has 0 saturated carbocycles. The fourth-order valence-electron chi connectivity index (χ4n) is 3.29. The average molecular weight is 330 g/mol. The van der Waals surface area contributed by atoms with Crippen molar-refractivity contribution in [3.8, 4) is 0 Å². The molecule has 0 N–H and O–H groups in total. The third-order valence-electron chi connectivity index (χ3n) is 4.57. The summed E-state index contributed by atoms with van der Waals surface area (Å²) in [5.41, 5.74) is 1.37. The third kappa shape index (κ3) is 3.09. The molecule has 6 heteroatoms. The molecule has 3 rings (SSSR count). The molecule has 6 nitrogen and oxygen atoms in total. The van der Waals surface area contributed by atoms with Crippen molar-refractivity contribution >= 4 is 11.9 Å². The smallest absolute Gasteiger partial charge is 0.341 e. The molecule has 1 atom stereocenters. The predicted molar refractivity (Wildman–Crippen MR) is 87.7 cm³/mol. The second kappa shape index (κ2) is 6.95. The Morgan fingerprint density at radius 2 is 2.12 bits per heavy atom. The lowest BCUT2D eigenvalue weighted by molar-refractivity contribution is 0.0598. The van der Waals surface area contributed by atoms with Crippen LogP contribution >= 0.6 is 0 Å². The zero-order valence-corrected chi connectivity index (χ0v) is 14.0. The summed E-state index contributed by atoms with van der Waals surface area (Å²) < 4.78 is 12.1. The summed E-state index contributed by atoms with van der Waals surface area (Å²) in [6.45, 7) is 0.683. The van der Waals surface area contributed by atoms with Gasteiger partial charge < -0.3 is 18.6 Å². The highest BCUT2D eigenvalue weighted by molar-refractivity contribution is 5.96. The van der Waals surface area contributed by atoms with Gasteiger partial charge in [0.2, 0.25) is 0 Å². The molecule has 3 heterocycles. The van der Waals surface area contributed by atoms with Gasteiger partial charge in [0.05, 0.1) is 18.7 Å². The molecule has 128 valence electrons. The van der Waals surface area contributed by atoms with Crippen LogP contribution in [0.25, 0.3) is 0 Å². The molecule has 1 fully saturated rings. The van der Waals surface area contributed by atoms with E-state index < -0.39 is 5.97 Å². The van der Waals surface area contributed by atoms with Crippen molar-refractivity contribution < 1.29 is 18.7 Å². The minimum Gasteiger partial charge on any atom is -0.465 e. The molecule has 2 aromatic heterocycles. The SMILES string of the molecule is COC(=O)c1coc(C(=O)N2CCCCC[C@H]2c2cccn2C)c1. The fourth-order valence-corrected chi connectivity index (χ4v) is 3.29. The molecule has 0 aromatic carbocycles. The molecule has 1 saturated heterocycles. The van der Waals surface area contributed by atoms with Gasteiger partial charge >= 0.3 is 5.97 Å². The van der Waals surface area contributed by atoms with Crippen LogP contribution in [-0.2, 0) is 11.8 Å². The van der Waals surface area contributed by atoms with Crippen molar-refractivity contribution in [1.82, 2.24) is 9.47 Å². The van der Waals surface area contributed by atoms with E-state index in [1.54, 1.807) is 0 Å². The first kappa shape index (κ1) is 16.4. The van der Waals surface area contributed by atoms with E-state index >= 15 is 0 Å². The highest BCUT2D eigenvalue weighted by Crippen LogP contribution is 2.31. The molecule has 1 amide bonds. The number of aromatic nitrogens is 1. The maximum absolute atomic E-state index is 13.0. The Morgan fingerprint density at radius 3 is 2.83 bits per heavy atom. The van der Waals surface area contributed by atoms with Gasteiger partial charge in [0.15, 0.2) is 5.76 Å². The third-order valence-corrected chi connectivity index (χ3v) is 4.57. The van der Waals surface area contributed by atoms with Gasteiger partial charge in [-0.3, -0.25) is 4.79 Å². The average Bonchev–Trinajstić information content (AvgIpc) is 3.17. The molecule has 1 aliphatic rings. The van der Waals surface area contributed by atoms with E-state index in [2.05, 4.69) is 15.4 Å². The van der Waals surface area contributed by atoms with Crippen molar-refractivity contribution in [2.45, 2.75) is 31.7 Å². The van der Waals surface area contributed by atoms with Crippen molar-refractivity contribution in [2.75, 3.05) is 13.7 Å². The first-order valence-corrected chi connectivity index (χ1v) is 8.21. The molecular weight excluding hydrogens is 308 g/mol. The Balaban J connectivity index is 1.88. The lowest BCUT2D eigenvalue weighted by Gasteiger charge is -2.30. The van der Waals surface area contributed by atoms with Gasteiger partial charge in [-0.25, -0.2) is 4.79 Å². The number of amides is 1. The first-order valence-electron chi connectivity index (χ1n) is 8.21. The second-order valence-electron chi connectivity index (χ2n) is 6.10. The van der Waals surface area contributed by atoms with Crippen LogP contribution in [0.5, 0.6) is 0 Å². The number of carbonyl (C=O) groups excluding carboxylic acids is 2. The van der Waals surface area contributed by atoms with Crippen LogP contribution in [-0.4, -0.2) is 35.0 Å². The Morgan fingerprint density at radius 1 is 1.29 bits per heavy atom. The zero-order valence-electron chi connectivity index (χ0n) is 14.0. The van der Waals surface area contributed by atoms with E-state index in [-0.39, 0.29) is 23.3 Å². The fraction of sp³-hybridized carbons (Fsp3) is 0.444. The maximum Gasteiger partial charge on any atom is 0.341 e. The summed E-state index contributed by atoms with van der Waals surface area (Å²) in [5, 5.41) is 0. The first-order chi connectivity index (χ1) is 11.6. The van der Waals surface area contributed by atoms with Crippen LogP contribution in [0, 0.1) is 0 Å². The minimum atomic E-state index is -0.507. The summed E-state index contributed by atoms with van der Waals surface area (Å²) in [4.78, 5) is 26.4. The normalized spacial score (nSPS) is 18.2. The quantitative estimate of drug-likeness (QED) is 0.811. The number of esters is 1. The monoisotopic (exact) mass is 330 g/mol. The Kier molecular flexibility index (Phi) is 4.74. The van der Waals surface area contributed by atoms with Gasteiger partial charge in [0.25, 0.3) is 5.91 Å². The largest absolute Gasteiger partial charge is 0.465 e. The summed E-state index contributed by atoms with van der Waals surface area (Å²) in [6.07, 6.45) is 7.35. The van der Waals surface area contributed by atoms with E-state index in [1.807, 2.05) is 24.2 Å². The van der Waals surface area contributed by atoms with Crippen LogP contribution in [0.1, 0.15) is 58.3 Å². The molecule has 24 heavy (non-hydrogen) atoms. The maximum atomic E-state index is 13.0. The highest BCUT2D eigenvalue weighted by Gasteiger charge is 2.30. The van der Waals surface area contributed by atoms with Gasteiger partial charge in [-0.15, -0.1) is 0 Å². The number of carbonyl (C=O) groups is 2. The Bertz CT molecular complexity index is 731. The topological polar surface area (TPSA) is 64.7 Å². The van der Waals surface area contributed by atoms with Gasteiger partial charge in [-0.2, -0.15) is 0 Å². The number of likely N-dealkylation sites (tertiary alicyclic amines) is 1. The van der Waals surface area contributed by atoms with Gasteiger partial charge in [0.1, 0.15) is 6.26 Å². The zero-order chi connectivity index (χ0) is 17.1. The van der Waals surface area contributed by atoms with Gasteiger partial charge in [0, 0.05) is 31.5 Å². The molecular formula is C18H22N2O4. The van der Waals surface area contributed by atoms with Gasteiger partial charge in [-0.1, -0.05) is 12.8 Å². The number of ether oxygens (including phenoxy) is 1. The molecule has 2 aromatic rings. The standard InChI is InChI=1S/C18H22N2O4/c1-19-9-6-8-14(19)15-7-4-3-5-10-20(15)17(21)16-11-13(12-24-16)18(22)23-2/h6,8-9,11-12,15H,3-5,7,10H2,1-2H3/t15-/m0/s1. The van der Waals surface area contributed by atoms with E-state index in [4.69, 9.17) is 4.42 Å². The Hall–Kier alpha value is -2.50. The van der Waals surface area contributed by atoms with E-state index in [0.29, 0.717) is 6.54 Å². The van der Waals surface area contributed by atoms with Crippen LogP contribution < -0.4 is 0 Å². The van der Waals surface area contributed by atoms with Crippen molar-refractivity contribution in [3.63, 3.8) is 0 Å². The molecule has 0 spiro atoms. The number of methoxy groups -OCH3 is 1. The number of aryl methyl sites for hydroxylation is 1. The summed E-state index contributed by atoms with van der Waals surface area (Å²) >= 11 is 0. The Labute approximate surface area is 141 Å². The molecule has 0 aliphatic carbocycles. The van der Waals surface area contributed by atoms with E-state index in [0.717, 1.165) is 31.4 Å². The number of rotatable bonds is 3. The molecule has 0 unspecified atom stereocenters. The molecule has 0 bridgehead atoms. The van der Waals surface area contributed by atoms with E-state index in [9.17, 15) is 9.59 Å². The number of hydrogen-bond donors (Lipinski definition) is 0. The summed E-state index contributed by atoms with van der Waals surface area (Å²) in [6, 6.07) is 5.52. The van der Waals surface area contributed by atoms with Crippen LogP contribution in [0.15, 0.2) is 35.1 Å². The number of hydrogen-bond acceptors (Lipinski definition) is 4.